The zero-order valence-electron chi connectivity index (χ0n) is 17.3. The van der Waals surface area contributed by atoms with E-state index in [4.69, 9.17) is 13.9 Å². The molecule has 1 aromatic heterocycles. The first kappa shape index (κ1) is 21.7. The predicted molar refractivity (Wildman–Crippen MR) is 116 cm³/mol. The third kappa shape index (κ3) is 5.40. The Bertz CT molecular complexity index is 1190. The maximum Gasteiger partial charge on any atom is 0.326 e. The van der Waals surface area contributed by atoms with Gasteiger partial charge < -0.3 is 29.6 Å². The molecule has 0 saturated carbocycles. The van der Waals surface area contributed by atoms with E-state index in [1.165, 1.54) is 24.5 Å². The molecular formula is C24H20N2O7. The molecule has 0 fully saturated rings. The average Bonchev–Trinajstić information content (AvgIpc) is 3.50. The molecule has 9 nitrogen and oxygen atoms in total. The summed E-state index contributed by atoms with van der Waals surface area (Å²) >= 11 is 0. The fraction of sp³-hybridized carbons (Fsp3) is 0.125. The lowest BCUT2D eigenvalue weighted by atomic mass is 10.1. The van der Waals surface area contributed by atoms with Crippen LogP contribution in [0.2, 0.25) is 0 Å². The Balaban J connectivity index is 1.59. The molecule has 0 unspecified atom stereocenters. The minimum Gasteiger partial charge on any atom is -0.480 e. The molecule has 3 aromatic rings. The van der Waals surface area contributed by atoms with Crippen molar-refractivity contribution in [2.45, 2.75) is 12.5 Å². The highest BCUT2D eigenvalue weighted by Gasteiger charge is 2.24. The Labute approximate surface area is 188 Å². The summed E-state index contributed by atoms with van der Waals surface area (Å²) in [4.78, 5) is 37.4. The fourth-order valence-corrected chi connectivity index (χ4v) is 3.21. The number of furan rings is 1. The van der Waals surface area contributed by atoms with Gasteiger partial charge in [-0.25, -0.2) is 4.79 Å². The van der Waals surface area contributed by atoms with Gasteiger partial charge in [-0.15, -0.1) is 0 Å². The summed E-state index contributed by atoms with van der Waals surface area (Å²) in [5, 5.41) is 14.6. The number of ether oxygens (including phenoxy) is 2. The number of aliphatic carboxylic acids is 1. The lowest BCUT2D eigenvalue weighted by Gasteiger charge is -2.16. The summed E-state index contributed by atoms with van der Waals surface area (Å²) in [7, 11) is 0. The van der Waals surface area contributed by atoms with Crippen LogP contribution in [0.4, 0.5) is 0 Å². The highest BCUT2D eigenvalue weighted by Crippen LogP contribution is 2.33. The van der Waals surface area contributed by atoms with Crippen molar-refractivity contribution >= 4 is 23.9 Å². The van der Waals surface area contributed by atoms with Gasteiger partial charge in [-0.2, -0.15) is 0 Å². The van der Waals surface area contributed by atoms with Gasteiger partial charge in [0.1, 0.15) is 11.7 Å². The Kier molecular flexibility index (Phi) is 6.40. The van der Waals surface area contributed by atoms with E-state index >= 15 is 0 Å². The number of benzene rings is 2. The van der Waals surface area contributed by atoms with Crippen LogP contribution >= 0.6 is 0 Å². The van der Waals surface area contributed by atoms with Gasteiger partial charge in [0, 0.05) is 6.42 Å². The van der Waals surface area contributed by atoms with Gasteiger partial charge in [-0.1, -0.05) is 36.4 Å². The minimum absolute atomic E-state index is 0.00143. The maximum atomic E-state index is 13.0. The molecule has 2 heterocycles. The normalized spacial score (nSPS) is 13.3. The molecule has 9 heteroatoms. The quantitative estimate of drug-likeness (QED) is 0.452. The summed E-state index contributed by atoms with van der Waals surface area (Å²) in [5.74, 6) is -1.57. The van der Waals surface area contributed by atoms with E-state index in [1.54, 1.807) is 42.5 Å². The van der Waals surface area contributed by atoms with Crippen LogP contribution in [0.15, 0.2) is 77.0 Å². The largest absolute Gasteiger partial charge is 0.480 e. The molecule has 33 heavy (non-hydrogen) atoms. The van der Waals surface area contributed by atoms with Crippen molar-refractivity contribution in [3.63, 3.8) is 0 Å². The number of carboxylic acid groups (broad SMARTS) is 1. The van der Waals surface area contributed by atoms with Crippen LogP contribution in [0.3, 0.4) is 0 Å². The van der Waals surface area contributed by atoms with Crippen molar-refractivity contribution in [1.29, 1.82) is 0 Å². The molecule has 3 N–H and O–H groups in total. The molecule has 0 spiro atoms. The number of amides is 2. The highest BCUT2D eigenvalue weighted by atomic mass is 16.7. The van der Waals surface area contributed by atoms with E-state index in [9.17, 15) is 19.5 Å². The molecule has 0 radical (unpaired) electrons. The Morgan fingerprint density at radius 3 is 2.52 bits per heavy atom. The number of hydrogen-bond donors (Lipinski definition) is 3. The molecule has 1 atom stereocenters. The third-order valence-corrected chi connectivity index (χ3v) is 4.83. The van der Waals surface area contributed by atoms with E-state index < -0.39 is 23.8 Å². The number of carbonyl (C=O) groups excluding carboxylic acids is 2. The fourth-order valence-electron chi connectivity index (χ4n) is 3.21. The lowest BCUT2D eigenvalue weighted by Crippen LogP contribution is -2.45. The smallest absolute Gasteiger partial charge is 0.326 e. The molecule has 2 aromatic carbocycles. The first-order valence-electron chi connectivity index (χ1n) is 10.0. The highest BCUT2D eigenvalue weighted by molar-refractivity contribution is 6.05. The molecular weight excluding hydrogens is 428 g/mol. The summed E-state index contributed by atoms with van der Waals surface area (Å²) in [6.07, 6.45) is 2.82. The van der Waals surface area contributed by atoms with Gasteiger partial charge in [0.25, 0.3) is 11.8 Å². The second-order valence-electron chi connectivity index (χ2n) is 7.16. The van der Waals surface area contributed by atoms with Crippen LogP contribution in [0.5, 0.6) is 11.5 Å². The first-order chi connectivity index (χ1) is 16.0. The Morgan fingerprint density at radius 2 is 1.79 bits per heavy atom. The number of nitrogens with one attached hydrogen (secondary N) is 2. The zero-order chi connectivity index (χ0) is 23.2. The van der Waals surface area contributed by atoms with E-state index in [0.717, 1.165) is 5.56 Å². The van der Waals surface area contributed by atoms with Gasteiger partial charge in [-0.05, 0) is 41.5 Å². The van der Waals surface area contributed by atoms with Crippen molar-refractivity contribution in [1.82, 2.24) is 10.6 Å². The molecule has 1 aliphatic heterocycles. The van der Waals surface area contributed by atoms with Gasteiger partial charge in [-0.3, -0.25) is 9.59 Å². The molecule has 0 bridgehead atoms. The van der Waals surface area contributed by atoms with E-state index in [2.05, 4.69) is 10.6 Å². The number of carbonyl (C=O) groups is 3. The number of carboxylic acids is 1. The van der Waals surface area contributed by atoms with Crippen molar-refractivity contribution in [2.24, 2.45) is 0 Å². The van der Waals surface area contributed by atoms with E-state index in [0.29, 0.717) is 17.1 Å². The molecule has 0 saturated heterocycles. The maximum absolute atomic E-state index is 13.0. The van der Waals surface area contributed by atoms with Gasteiger partial charge in [0.2, 0.25) is 6.79 Å². The lowest BCUT2D eigenvalue weighted by molar-refractivity contribution is -0.141. The van der Waals surface area contributed by atoms with Crippen molar-refractivity contribution < 1.29 is 33.4 Å². The third-order valence-electron chi connectivity index (χ3n) is 4.83. The van der Waals surface area contributed by atoms with Crippen LogP contribution in [0, 0.1) is 0 Å². The summed E-state index contributed by atoms with van der Waals surface area (Å²) in [6, 6.07) is 15.7. The SMILES string of the molecule is O=C(N[C@H](Cc1ccccc1)C(=O)O)/C(=C\c1ccc2c(c1)OCO2)NC(=O)c1ccco1. The van der Waals surface area contributed by atoms with Gasteiger partial charge >= 0.3 is 5.97 Å². The van der Waals surface area contributed by atoms with Crippen molar-refractivity contribution in [3.05, 3.63) is 89.5 Å². The Morgan fingerprint density at radius 1 is 1.00 bits per heavy atom. The molecule has 4 rings (SSSR count). The predicted octanol–water partition coefficient (Wildman–Crippen LogP) is 2.59. The summed E-state index contributed by atoms with van der Waals surface area (Å²) < 4.78 is 15.7. The Hall–Kier alpha value is -4.53. The van der Waals surface area contributed by atoms with Crippen LogP contribution in [-0.2, 0) is 16.0 Å². The summed E-state index contributed by atoms with van der Waals surface area (Å²) in [5.41, 5.74) is 1.12. The number of hydrogen-bond acceptors (Lipinski definition) is 6. The van der Waals surface area contributed by atoms with Crippen LogP contribution in [0.25, 0.3) is 6.08 Å². The molecule has 1 aliphatic rings. The van der Waals surface area contributed by atoms with Gasteiger partial charge in [0.15, 0.2) is 17.3 Å². The molecule has 0 aliphatic carbocycles. The van der Waals surface area contributed by atoms with Gasteiger partial charge in [0.05, 0.1) is 6.26 Å². The molecule has 168 valence electrons. The number of rotatable bonds is 8. The van der Waals surface area contributed by atoms with E-state index in [1.807, 2.05) is 6.07 Å². The van der Waals surface area contributed by atoms with Crippen LogP contribution in [-0.4, -0.2) is 35.7 Å². The summed E-state index contributed by atoms with van der Waals surface area (Å²) in [6.45, 7) is 0.0881. The first-order valence-corrected chi connectivity index (χ1v) is 10.0. The standard InChI is InChI=1S/C24H20N2O7/c27-22(26-18(24(29)30)11-15-5-2-1-3-6-15)17(25-23(28)20-7-4-10-31-20)12-16-8-9-19-21(13-16)33-14-32-19/h1-10,12-13,18H,11,14H2,(H,25,28)(H,26,27)(H,29,30)/b17-12+/t18-/m1/s1. The van der Waals surface area contributed by atoms with Crippen molar-refractivity contribution in [2.75, 3.05) is 6.79 Å². The molecule has 2 amide bonds. The monoisotopic (exact) mass is 448 g/mol. The second-order valence-corrected chi connectivity index (χ2v) is 7.16. The van der Waals surface area contributed by atoms with Crippen LogP contribution in [0.1, 0.15) is 21.7 Å². The van der Waals surface area contributed by atoms with E-state index in [-0.39, 0.29) is 24.7 Å². The zero-order valence-corrected chi connectivity index (χ0v) is 17.3. The number of fused-ring (bicyclic) bond motifs is 1. The average molecular weight is 448 g/mol. The topological polar surface area (TPSA) is 127 Å². The van der Waals surface area contributed by atoms with Crippen LogP contribution < -0.4 is 20.1 Å². The van der Waals surface area contributed by atoms with Crippen molar-refractivity contribution in [3.8, 4) is 11.5 Å². The minimum atomic E-state index is -1.21. The second kappa shape index (κ2) is 9.73.